The lowest BCUT2D eigenvalue weighted by atomic mass is 10.1. The van der Waals surface area contributed by atoms with Crippen molar-refractivity contribution in [2.24, 2.45) is 0 Å². The largest absolute Gasteiger partial charge is 0.477 e. The molecule has 2 rings (SSSR count). The van der Waals surface area contributed by atoms with Gasteiger partial charge in [-0.3, -0.25) is 4.68 Å². The van der Waals surface area contributed by atoms with Crippen LogP contribution in [0.3, 0.4) is 0 Å². The van der Waals surface area contributed by atoms with Crippen LogP contribution in [0.4, 0.5) is 0 Å². The van der Waals surface area contributed by atoms with Crippen LogP contribution in [0, 0.1) is 6.92 Å². The molecule has 4 heteroatoms. The summed E-state index contributed by atoms with van der Waals surface area (Å²) in [7, 11) is 0. The molecule has 0 saturated carbocycles. The van der Waals surface area contributed by atoms with E-state index >= 15 is 0 Å². The Hall–Kier alpha value is -1.84. The van der Waals surface area contributed by atoms with Crippen LogP contribution >= 0.6 is 0 Å². The van der Waals surface area contributed by atoms with Gasteiger partial charge in [0.15, 0.2) is 5.69 Å². The first-order chi connectivity index (χ1) is 7.52. The maximum atomic E-state index is 11.3. The van der Waals surface area contributed by atoms with Crippen molar-refractivity contribution in [2.75, 3.05) is 0 Å². The number of carboxylic acid groups (broad SMARTS) is 1. The first-order valence-corrected chi connectivity index (χ1v) is 5.23. The molecular formula is C12H14N2O2. The van der Waals surface area contributed by atoms with E-state index in [9.17, 15) is 9.90 Å². The maximum absolute atomic E-state index is 11.3. The summed E-state index contributed by atoms with van der Waals surface area (Å²) >= 11 is 0. The van der Waals surface area contributed by atoms with Gasteiger partial charge in [-0.15, -0.1) is 0 Å². The monoisotopic (exact) mass is 218 g/mol. The third kappa shape index (κ3) is 1.46. The number of carbonyl (C=O) groups is 1. The Kier molecular flexibility index (Phi) is 2.42. The van der Waals surface area contributed by atoms with Crippen molar-refractivity contribution in [2.45, 2.75) is 26.8 Å². The van der Waals surface area contributed by atoms with Gasteiger partial charge in [-0.05, 0) is 26.3 Å². The standard InChI is InChI=1S/C12H14N2O2/c1-7(2)14-11(12(15)16)9-6-4-5-8(3)10(9)13-14/h4-7H,1-3H3,(H,15,16). The van der Waals surface area contributed by atoms with E-state index < -0.39 is 5.97 Å². The highest BCUT2D eigenvalue weighted by Gasteiger charge is 2.19. The minimum absolute atomic E-state index is 0.0397. The number of aromatic carboxylic acids is 1. The number of hydrogen-bond acceptors (Lipinski definition) is 2. The molecule has 2 aromatic rings. The van der Waals surface area contributed by atoms with Gasteiger partial charge in [0.1, 0.15) is 0 Å². The van der Waals surface area contributed by atoms with Crippen molar-refractivity contribution in [1.82, 2.24) is 9.78 Å². The first-order valence-electron chi connectivity index (χ1n) is 5.23. The fourth-order valence-corrected chi connectivity index (χ4v) is 1.85. The highest BCUT2D eigenvalue weighted by atomic mass is 16.4. The van der Waals surface area contributed by atoms with Gasteiger partial charge in [0, 0.05) is 11.4 Å². The van der Waals surface area contributed by atoms with E-state index in [1.54, 1.807) is 10.7 Å². The summed E-state index contributed by atoms with van der Waals surface area (Å²) in [6.45, 7) is 5.78. The van der Waals surface area contributed by atoms with Crippen molar-refractivity contribution in [3.63, 3.8) is 0 Å². The van der Waals surface area contributed by atoms with Crippen LogP contribution in [0.25, 0.3) is 10.9 Å². The molecule has 84 valence electrons. The summed E-state index contributed by atoms with van der Waals surface area (Å²) in [5, 5.41) is 14.3. The Morgan fingerprint density at radius 3 is 2.69 bits per heavy atom. The fourth-order valence-electron chi connectivity index (χ4n) is 1.85. The fraction of sp³-hybridized carbons (Fsp3) is 0.333. The summed E-state index contributed by atoms with van der Waals surface area (Å²) in [6, 6.07) is 5.64. The normalized spacial score (nSPS) is 11.2. The van der Waals surface area contributed by atoms with Crippen LogP contribution in [0.5, 0.6) is 0 Å². The zero-order chi connectivity index (χ0) is 11.9. The maximum Gasteiger partial charge on any atom is 0.354 e. The number of aryl methyl sites for hydroxylation is 1. The van der Waals surface area contributed by atoms with Crippen LogP contribution in [-0.4, -0.2) is 20.9 Å². The SMILES string of the molecule is Cc1cccc2c(C(=O)O)n(C(C)C)nc12. The quantitative estimate of drug-likeness (QED) is 0.843. The minimum Gasteiger partial charge on any atom is -0.477 e. The second-order valence-corrected chi connectivity index (χ2v) is 4.16. The number of benzene rings is 1. The molecule has 16 heavy (non-hydrogen) atoms. The predicted octanol–water partition coefficient (Wildman–Crippen LogP) is 2.62. The molecule has 0 radical (unpaired) electrons. The molecule has 1 heterocycles. The van der Waals surface area contributed by atoms with Gasteiger partial charge in [0.05, 0.1) is 5.52 Å². The highest BCUT2D eigenvalue weighted by Crippen LogP contribution is 2.23. The average molecular weight is 218 g/mol. The molecule has 0 aliphatic heterocycles. The molecule has 1 aromatic carbocycles. The van der Waals surface area contributed by atoms with Gasteiger partial charge in [-0.25, -0.2) is 4.79 Å². The van der Waals surface area contributed by atoms with Crippen LogP contribution in [-0.2, 0) is 0 Å². The van der Waals surface area contributed by atoms with E-state index in [-0.39, 0.29) is 11.7 Å². The average Bonchev–Trinajstić information content (AvgIpc) is 2.58. The topological polar surface area (TPSA) is 55.1 Å². The summed E-state index contributed by atoms with van der Waals surface area (Å²) < 4.78 is 1.57. The molecule has 0 aliphatic carbocycles. The van der Waals surface area contributed by atoms with E-state index in [2.05, 4.69) is 5.10 Å². The van der Waals surface area contributed by atoms with E-state index in [0.29, 0.717) is 5.39 Å². The second-order valence-electron chi connectivity index (χ2n) is 4.16. The predicted molar refractivity (Wildman–Crippen MR) is 61.8 cm³/mol. The molecule has 1 N–H and O–H groups in total. The Labute approximate surface area is 93.5 Å². The molecular weight excluding hydrogens is 204 g/mol. The van der Waals surface area contributed by atoms with Gasteiger partial charge in [-0.1, -0.05) is 18.2 Å². The lowest BCUT2D eigenvalue weighted by Crippen LogP contribution is -2.12. The van der Waals surface area contributed by atoms with Gasteiger partial charge in [0.25, 0.3) is 0 Å². The lowest BCUT2D eigenvalue weighted by molar-refractivity contribution is 0.0683. The van der Waals surface area contributed by atoms with E-state index in [4.69, 9.17) is 0 Å². The molecule has 0 saturated heterocycles. The van der Waals surface area contributed by atoms with Crippen LogP contribution in [0.15, 0.2) is 18.2 Å². The Morgan fingerprint density at radius 2 is 2.12 bits per heavy atom. The van der Waals surface area contributed by atoms with Crippen molar-refractivity contribution >= 4 is 16.9 Å². The number of nitrogens with zero attached hydrogens (tertiary/aromatic N) is 2. The summed E-state index contributed by atoms with van der Waals surface area (Å²) in [5.74, 6) is -0.929. The van der Waals surface area contributed by atoms with Crippen LogP contribution in [0.1, 0.15) is 35.9 Å². The van der Waals surface area contributed by atoms with Gasteiger partial charge >= 0.3 is 5.97 Å². The van der Waals surface area contributed by atoms with Crippen molar-refractivity contribution in [1.29, 1.82) is 0 Å². The van der Waals surface area contributed by atoms with E-state index in [0.717, 1.165) is 11.1 Å². The molecule has 4 nitrogen and oxygen atoms in total. The number of carboxylic acids is 1. The first kappa shape index (κ1) is 10.7. The molecule has 0 atom stereocenters. The third-order valence-electron chi connectivity index (χ3n) is 2.62. The molecule has 0 aliphatic rings. The Morgan fingerprint density at radius 1 is 1.44 bits per heavy atom. The summed E-state index contributed by atoms with van der Waals surface area (Å²) in [6.07, 6.45) is 0. The van der Waals surface area contributed by atoms with Crippen molar-refractivity contribution in [3.05, 3.63) is 29.5 Å². The molecule has 0 unspecified atom stereocenters. The van der Waals surface area contributed by atoms with E-state index in [1.165, 1.54) is 0 Å². The van der Waals surface area contributed by atoms with Crippen molar-refractivity contribution < 1.29 is 9.90 Å². The number of fused-ring (bicyclic) bond motifs is 1. The molecule has 0 bridgehead atoms. The third-order valence-corrected chi connectivity index (χ3v) is 2.62. The van der Waals surface area contributed by atoms with Crippen molar-refractivity contribution in [3.8, 4) is 0 Å². The van der Waals surface area contributed by atoms with E-state index in [1.807, 2.05) is 32.9 Å². The van der Waals surface area contributed by atoms with Gasteiger partial charge in [0.2, 0.25) is 0 Å². The summed E-state index contributed by atoms with van der Waals surface area (Å²) in [4.78, 5) is 11.3. The molecule has 0 amide bonds. The minimum atomic E-state index is -0.929. The number of aromatic nitrogens is 2. The molecule has 0 spiro atoms. The van der Waals surface area contributed by atoms with Crippen LogP contribution in [0.2, 0.25) is 0 Å². The number of rotatable bonds is 2. The smallest absolute Gasteiger partial charge is 0.354 e. The van der Waals surface area contributed by atoms with Crippen LogP contribution < -0.4 is 0 Å². The van der Waals surface area contributed by atoms with Gasteiger partial charge in [-0.2, -0.15) is 5.10 Å². The second kappa shape index (κ2) is 3.63. The molecule has 0 fully saturated rings. The zero-order valence-corrected chi connectivity index (χ0v) is 9.56. The highest BCUT2D eigenvalue weighted by molar-refractivity contribution is 6.02. The number of hydrogen-bond donors (Lipinski definition) is 1. The molecule has 1 aromatic heterocycles. The van der Waals surface area contributed by atoms with Gasteiger partial charge < -0.3 is 5.11 Å². The lowest BCUT2D eigenvalue weighted by Gasteiger charge is -2.07. The summed E-state index contributed by atoms with van der Waals surface area (Å²) in [5.41, 5.74) is 2.04. The Bertz CT molecular complexity index is 555. The zero-order valence-electron chi connectivity index (χ0n) is 9.56. The Balaban J connectivity index is 2.86.